The van der Waals surface area contributed by atoms with Crippen molar-refractivity contribution >= 4 is 0 Å². The van der Waals surface area contributed by atoms with Gasteiger partial charge in [-0.15, -0.1) is 0 Å². The van der Waals surface area contributed by atoms with Crippen LogP contribution < -0.4 is 0 Å². The number of aliphatic hydroxyl groups is 1. The first kappa shape index (κ1) is 17.3. The summed E-state index contributed by atoms with van der Waals surface area (Å²) in [7, 11) is 0. The molecule has 0 saturated carbocycles. The molecule has 0 aromatic heterocycles. The van der Waals surface area contributed by atoms with Crippen LogP contribution in [0.25, 0.3) is 0 Å². The average molecular weight is 250 g/mol. The Morgan fingerprint density at radius 3 is 1.94 bits per heavy atom. The summed E-state index contributed by atoms with van der Waals surface area (Å²) < 4.78 is 0. The first-order chi connectivity index (χ1) is 8.91. The quantitative estimate of drug-likeness (QED) is 0.410. The molecular formula is C17H30O. The molecule has 0 fully saturated rings. The fourth-order valence-corrected chi connectivity index (χ4v) is 2.00. The molecule has 0 spiro atoms. The molecule has 0 saturated heterocycles. The fourth-order valence-electron chi connectivity index (χ4n) is 2.00. The molecule has 0 aliphatic heterocycles. The van der Waals surface area contributed by atoms with Crippen LogP contribution in [0.4, 0.5) is 0 Å². The Balaban J connectivity index is 3.05. The van der Waals surface area contributed by atoms with Gasteiger partial charge in [-0.1, -0.05) is 82.6 Å². The van der Waals surface area contributed by atoms with Crippen molar-refractivity contribution in [1.82, 2.24) is 0 Å². The summed E-state index contributed by atoms with van der Waals surface area (Å²) in [6.45, 7) is 2.23. The molecule has 0 rings (SSSR count). The van der Waals surface area contributed by atoms with Crippen LogP contribution in [-0.4, -0.2) is 11.7 Å². The molecule has 0 aromatic rings. The lowest BCUT2D eigenvalue weighted by molar-refractivity contribution is 0.350. The van der Waals surface area contributed by atoms with Crippen LogP contribution >= 0.6 is 0 Å². The van der Waals surface area contributed by atoms with E-state index in [1.807, 2.05) is 6.08 Å². The molecule has 1 nitrogen and oxygen atoms in total. The largest absolute Gasteiger partial charge is 0.384 e. The van der Waals surface area contributed by atoms with Crippen molar-refractivity contribution in [2.24, 2.45) is 0 Å². The van der Waals surface area contributed by atoms with Crippen LogP contribution in [0, 0.1) is 11.8 Å². The zero-order valence-corrected chi connectivity index (χ0v) is 12.1. The van der Waals surface area contributed by atoms with Crippen molar-refractivity contribution in [3.63, 3.8) is 0 Å². The Morgan fingerprint density at radius 2 is 1.39 bits per heavy atom. The van der Waals surface area contributed by atoms with E-state index in [0.29, 0.717) is 0 Å². The third-order valence-corrected chi connectivity index (χ3v) is 3.11. The summed E-state index contributed by atoms with van der Waals surface area (Å²) in [5.74, 6) is 5.40. The summed E-state index contributed by atoms with van der Waals surface area (Å²) in [6.07, 6.45) is 18.9. The van der Waals surface area contributed by atoms with E-state index in [4.69, 9.17) is 5.11 Å². The van der Waals surface area contributed by atoms with E-state index in [-0.39, 0.29) is 6.61 Å². The van der Waals surface area contributed by atoms with Crippen molar-refractivity contribution in [2.75, 3.05) is 6.61 Å². The Kier molecular flexibility index (Phi) is 15.6. The van der Waals surface area contributed by atoms with Crippen LogP contribution in [0.2, 0.25) is 0 Å². The summed E-state index contributed by atoms with van der Waals surface area (Å²) in [4.78, 5) is 0. The monoisotopic (exact) mass is 250 g/mol. The number of unbranched alkanes of at least 4 members (excludes halogenated alkanes) is 10. The molecule has 0 radical (unpaired) electrons. The topological polar surface area (TPSA) is 20.2 Å². The Morgan fingerprint density at radius 1 is 0.833 bits per heavy atom. The number of rotatable bonds is 11. The van der Waals surface area contributed by atoms with Crippen molar-refractivity contribution in [3.8, 4) is 11.8 Å². The second-order valence-electron chi connectivity index (χ2n) is 4.85. The molecule has 1 heteroatoms. The van der Waals surface area contributed by atoms with Crippen molar-refractivity contribution in [1.29, 1.82) is 0 Å². The maximum atomic E-state index is 8.45. The van der Waals surface area contributed by atoms with E-state index in [2.05, 4.69) is 24.8 Å². The zero-order valence-electron chi connectivity index (χ0n) is 12.1. The molecule has 1 N–H and O–H groups in total. The number of aliphatic hydroxyl groups excluding tert-OH is 1. The minimum atomic E-state index is -0.0391. The highest BCUT2D eigenvalue weighted by Gasteiger charge is 1.91. The van der Waals surface area contributed by atoms with Crippen molar-refractivity contribution in [2.45, 2.75) is 77.6 Å². The Bertz CT molecular complexity index is 232. The lowest BCUT2D eigenvalue weighted by Crippen LogP contribution is -1.81. The molecule has 0 aromatic carbocycles. The summed E-state index contributed by atoms with van der Waals surface area (Å²) in [5.41, 5.74) is 0. The highest BCUT2D eigenvalue weighted by atomic mass is 16.2. The van der Waals surface area contributed by atoms with Gasteiger partial charge in [0.05, 0.1) is 0 Å². The third kappa shape index (κ3) is 15.3. The highest BCUT2D eigenvalue weighted by molar-refractivity contribution is 5.14. The maximum absolute atomic E-state index is 8.45. The first-order valence-electron chi connectivity index (χ1n) is 7.66. The van der Waals surface area contributed by atoms with E-state index in [0.717, 1.165) is 6.42 Å². The minimum absolute atomic E-state index is 0.0391. The minimum Gasteiger partial charge on any atom is -0.384 e. The normalized spacial score (nSPS) is 10.6. The van der Waals surface area contributed by atoms with Gasteiger partial charge in [0.2, 0.25) is 0 Å². The van der Waals surface area contributed by atoms with Gasteiger partial charge in [0.25, 0.3) is 0 Å². The van der Waals surface area contributed by atoms with Gasteiger partial charge in [-0.3, -0.25) is 0 Å². The molecule has 104 valence electrons. The molecule has 0 bridgehead atoms. The van der Waals surface area contributed by atoms with Crippen LogP contribution in [-0.2, 0) is 0 Å². The molecule has 0 unspecified atom stereocenters. The standard InChI is InChI=1S/C17H30O/c1-2-3-4-5-6-7-8-9-10-11-12-13-14-15-16-17-18/h13-14,18H,2-12,17H2,1H3/b14-13+. The van der Waals surface area contributed by atoms with Gasteiger partial charge in [-0.25, -0.2) is 0 Å². The van der Waals surface area contributed by atoms with E-state index >= 15 is 0 Å². The van der Waals surface area contributed by atoms with Gasteiger partial charge in [-0.2, -0.15) is 0 Å². The predicted octanol–water partition coefficient (Wildman–Crippen LogP) is 4.85. The smallest absolute Gasteiger partial charge is 0.104 e. The zero-order chi connectivity index (χ0) is 13.3. The molecule has 0 amide bonds. The van der Waals surface area contributed by atoms with Crippen LogP contribution in [0.15, 0.2) is 12.2 Å². The van der Waals surface area contributed by atoms with E-state index in [1.54, 1.807) is 0 Å². The van der Waals surface area contributed by atoms with Gasteiger partial charge in [0, 0.05) is 0 Å². The lowest BCUT2D eigenvalue weighted by Gasteiger charge is -2.01. The maximum Gasteiger partial charge on any atom is 0.104 e. The average Bonchev–Trinajstić information content (AvgIpc) is 2.39. The molecule has 0 atom stereocenters. The van der Waals surface area contributed by atoms with Crippen LogP contribution in [0.1, 0.15) is 77.6 Å². The number of hydrogen-bond acceptors (Lipinski definition) is 1. The van der Waals surface area contributed by atoms with Gasteiger partial charge in [0.1, 0.15) is 6.61 Å². The number of hydrogen-bond donors (Lipinski definition) is 1. The molecule has 0 aliphatic carbocycles. The van der Waals surface area contributed by atoms with Crippen LogP contribution in [0.3, 0.4) is 0 Å². The Hall–Kier alpha value is -0.740. The molecule has 0 heterocycles. The summed E-state index contributed by atoms with van der Waals surface area (Å²) >= 11 is 0. The van der Waals surface area contributed by atoms with Crippen molar-refractivity contribution < 1.29 is 5.11 Å². The third-order valence-electron chi connectivity index (χ3n) is 3.11. The van der Waals surface area contributed by atoms with E-state index in [9.17, 15) is 0 Å². The molecule has 0 aliphatic rings. The van der Waals surface area contributed by atoms with Gasteiger partial charge in [0.15, 0.2) is 0 Å². The summed E-state index contributed by atoms with van der Waals surface area (Å²) in [6, 6.07) is 0. The second kappa shape index (κ2) is 16.3. The highest BCUT2D eigenvalue weighted by Crippen LogP contribution is 2.11. The van der Waals surface area contributed by atoms with Crippen LogP contribution in [0.5, 0.6) is 0 Å². The van der Waals surface area contributed by atoms with Crippen molar-refractivity contribution in [3.05, 3.63) is 12.2 Å². The Labute approximate surface area is 114 Å². The molecular weight excluding hydrogens is 220 g/mol. The number of allylic oxidation sites excluding steroid dienone is 2. The van der Waals surface area contributed by atoms with E-state index in [1.165, 1.54) is 64.2 Å². The first-order valence-corrected chi connectivity index (χ1v) is 7.66. The fraction of sp³-hybridized carbons (Fsp3) is 0.765. The summed E-state index contributed by atoms with van der Waals surface area (Å²) in [5, 5.41) is 8.45. The van der Waals surface area contributed by atoms with Gasteiger partial charge >= 0.3 is 0 Å². The SMILES string of the molecule is CCCCCCCCCCCC/C=C/C#CCO. The lowest BCUT2D eigenvalue weighted by atomic mass is 10.1. The molecule has 18 heavy (non-hydrogen) atoms. The van der Waals surface area contributed by atoms with Gasteiger partial charge in [-0.05, 0) is 18.9 Å². The second-order valence-corrected chi connectivity index (χ2v) is 4.85. The van der Waals surface area contributed by atoms with E-state index < -0.39 is 0 Å². The van der Waals surface area contributed by atoms with Gasteiger partial charge < -0.3 is 5.11 Å². The predicted molar refractivity (Wildman–Crippen MR) is 80.5 cm³/mol.